The largest absolute Gasteiger partial charge is 0.493 e. The molecule has 0 aliphatic heterocycles. The molecule has 1 aromatic rings. The zero-order chi connectivity index (χ0) is 10.4. The van der Waals surface area contributed by atoms with Crippen LogP contribution in [0.3, 0.4) is 0 Å². The van der Waals surface area contributed by atoms with Crippen LogP contribution in [0.15, 0.2) is 18.2 Å². The molecule has 0 heterocycles. The predicted octanol–water partition coefficient (Wildman–Crippen LogP) is 2.99. The van der Waals surface area contributed by atoms with E-state index in [1.807, 2.05) is 12.1 Å². The lowest BCUT2D eigenvalue weighted by atomic mass is 10.1. The summed E-state index contributed by atoms with van der Waals surface area (Å²) in [6, 6.07) is 8.12. The Kier molecular flexibility index (Phi) is 4.00. The minimum Gasteiger partial charge on any atom is -0.493 e. The Morgan fingerprint density at radius 3 is 2.86 bits per heavy atom. The summed E-state index contributed by atoms with van der Waals surface area (Å²) >= 11 is 0. The van der Waals surface area contributed by atoms with Gasteiger partial charge in [0.1, 0.15) is 5.75 Å². The van der Waals surface area contributed by atoms with Gasteiger partial charge in [-0.1, -0.05) is 12.1 Å². The first kappa shape index (κ1) is 10.6. The van der Waals surface area contributed by atoms with E-state index < -0.39 is 0 Å². The van der Waals surface area contributed by atoms with Crippen molar-refractivity contribution in [2.75, 3.05) is 6.61 Å². The van der Waals surface area contributed by atoms with Crippen LogP contribution in [0.2, 0.25) is 0 Å². The molecular formula is C12H15NO. The first-order chi connectivity index (χ1) is 6.75. The van der Waals surface area contributed by atoms with E-state index in [1.165, 1.54) is 11.1 Å². The summed E-state index contributed by atoms with van der Waals surface area (Å²) < 4.78 is 5.57. The monoisotopic (exact) mass is 189 g/mol. The molecule has 0 spiro atoms. The second-order valence-electron chi connectivity index (χ2n) is 3.31. The molecule has 0 radical (unpaired) electrons. The maximum Gasteiger partial charge on any atom is 0.122 e. The van der Waals surface area contributed by atoms with Crippen LogP contribution in [0.1, 0.15) is 24.0 Å². The average Bonchev–Trinajstić information content (AvgIpc) is 2.19. The number of hydrogen-bond donors (Lipinski definition) is 0. The highest BCUT2D eigenvalue weighted by molar-refractivity contribution is 5.38. The van der Waals surface area contributed by atoms with E-state index in [2.05, 4.69) is 26.0 Å². The molecule has 0 bridgehead atoms. The van der Waals surface area contributed by atoms with Gasteiger partial charge in [-0.25, -0.2) is 0 Å². The molecule has 0 saturated heterocycles. The van der Waals surface area contributed by atoms with Crippen molar-refractivity contribution >= 4 is 0 Å². The van der Waals surface area contributed by atoms with Gasteiger partial charge in [-0.2, -0.15) is 5.26 Å². The Morgan fingerprint density at radius 2 is 2.14 bits per heavy atom. The van der Waals surface area contributed by atoms with Crippen LogP contribution in [-0.2, 0) is 0 Å². The van der Waals surface area contributed by atoms with Gasteiger partial charge in [0, 0.05) is 6.42 Å². The van der Waals surface area contributed by atoms with Crippen molar-refractivity contribution < 1.29 is 4.74 Å². The quantitative estimate of drug-likeness (QED) is 0.682. The minimum absolute atomic E-state index is 0.560. The molecule has 0 atom stereocenters. The Hall–Kier alpha value is -1.49. The van der Waals surface area contributed by atoms with Crippen LogP contribution in [-0.4, -0.2) is 6.61 Å². The van der Waals surface area contributed by atoms with Gasteiger partial charge in [0.25, 0.3) is 0 Å². The van der Waals surface area contributed by atoms with Gasteiger partial charge in [-0.15, -0.1) is 0 Å². The SMILES string of the molecule is Cc1cccc(OCCCC#N)c1C. The summed E-state index contributed by atoms with van der Waals surface area (Å²) in [5.41, 5.74) is 2.42. The molecule has 0 aromatic heterocycles. The van der Waals surface area contributed by atoms with E-state index >= 15 is 0 Å². The molecule has 0 aliphatic carbocycles. The lowest BCUT2D eigenvalue weighted by Gasteiger charge is -2.09. The van der Waals surface area contributed by atoms with Gasteiger partial charge in [-0.3, -0.25) is 0 Å². The Morgan fingerprint density at radius 1 is 1.36 bits per heavy atom. The number of hydrogen-bond acceptors (Lipinski definition) is 2. The molecule has 2 heteroatoms. The van der Waals surface area contributed by atoms with Crippen molar-refractivity contribution in [1.82, 2.24) is 0 Å². The number of ether oxygens (including phenoxy) is 1. The molecule has 0 amide bonds. The summed E-state index contributed by atoms with van der Waals surface area (Å²) in [4.78, 5) is 0. The van der Waals surface area contributed by atoms with Crippen LogP contribution in [0, 0.1) is 25.2 Å². The summed E-state index contributed by atoms with van der Waals surface area (Å²) in [6.07, 6.45) is 1.36. The fourth-order valence-corrected chi connectivity index (χ4v) is 1.21. The zero-order valence-electron chi connectivity index (χ0n) is 8.71. The van der Waals surface area contributed by atoms with Crippen LogP contribution in [0.25, 0.3) is 0 Å². The Bertz CT molecular complexity index is 339. The van der Waals surface area contributed by atoms with Crippen molar-refractivity contribution in [3.8, 4) is 11.8 Å². The number of nitrogens with zero attached hydrogens (tertiary/aromatic N) is 1. The zero-order valence-corrected chi connectivity index (χ0v) is 8.71. The topological polar surface area (TPSA) is 33.0 Å². The molecule has 1 aromatic carbocycles. The maximum absolute atomic E-state index is 8.36. The molecule has 2 nitrogen and oxygen atoms in total. The van der Waals surface area contributed by atoms with E-state index in [0.29, 0.717) is 13.0 Å². The third-order valence-corrected chi connectivity index (χ3v) is 2.25. The van der Waals surface area contributed by atoms with Crippen molar-refractivity contribution in [3.05, 3.63) is 29.3 Å². The lowest BCUT2D eigenvalue weighted by Crippen LogP contribution is -1.99. The number of unbranched alkanes of at least 4 members (excludes halogenated alkanes) is 1. The Labute approximate surface area is 85.1 Å². The first-order valence-electron chi connectivity index (χ1n) is 4.81. The third kappa shape index (κ3) is 2.77. The van der Waals surface area contributed by atoms with Crippen molar-refractivity contribution in [1.29, 1.82) is 5.26 Å². The minimum atomic E-state index is 0.560. The molecule has 14 heavy (non-hydrogen) atoms. The van der Waals surface area contributed by atoms with Crippen LogP contribution >= 0.6 is 0 Å². The number of aryl methyl sites for hydroxylation is 1. The second kappa shape index (κ2) is 5.29. The second-order valence-corrected chi connectivity index (χ2v) is 3.31. The van der Waals surface area contributed by atoms with Crippen molar-refractivity contribution in [3.63, 3.8) is 0 Å². The van der Waals surface area contributed by atoms with Gasteiger partial charge >= 0.3 is 0 Å². The molecular weight excluding hydrogens is 174 g/mol. The summed E-state index contributed by atoms with van der Waals surface area (Å²) in [6.45, 7) is 4.74. The smallest absolute Gasteiger partial charge is 0.122 e. The number of benzene rings is 1. The van der Waals surface area contributed by atoms with Crippen LogP contribution < -0.4 is 4.74 Å². The van der Waals surface area contributed by atoms with Gasteiger partial charge in [0.05, 0.1) is 12.7 Å². The molecule has 0 aliphatic rings. The van der Waals surface area contributed by atoms with Gasteiger partial charge < -0.3 is 4.74 Å². The van der Waals surface area contributed by atoms with Crippen LogP contribution in [0.4, 0.5) is 0 Å². The van der Waals surface area contributed by atoms with Crippen LogP contribution in [0.5, 0.6) is 5.75 Å². The molecule has 0 unspecified atom stereocenters. The van der Waals surface area contributed by atoms with Gasteiger partial charge in [0.15, 0.2) is 0 Å². The van der Waals surface area contributed by atoms with Gasteiger partial charge in [0.2, 0.25) is 0 Å². The van der Waals surface area contributed by atoms with Crippen molar-refractivity contribution in [2.45, 2.75) is 26.7 Å². The first-order valence-corrected chi connectivity index (χ1v) is 4.81. The van der Waals surface area contributed by atoms with E-state index in [1.54, 1.807) is 0 Å². The fourth-order valence-electron chi connectivity index (χ4n) is 1.21. The summed E-state index contributed by atoms with van der Waals surface area (Å²) in [5.74, 6) is 0.933. The normalized spacial score (nSPS) is 9.50. The predicted molar refractivity (Wildman–Crippen MR) is 56.3 cm³/mol. The molecule has 0 saturated carbocycles. The number of rotatable bonds is 4. The summed E-state index contributed by atoms with van der Waals surface area (Å²) in [5, 5.41) is 8.36. The highest BCUT2D eigenvalue weighted by Crippen LogP contribution is 2.20. The molecule has 0 N–H and O–H groups in total. The average molecular weight is 189 g/mol. The standard InChI is InChI=1S/C12H15NO/c1-10-6-5-7-12(11(10)2)14-9-4-3-8-13/h5-7H,3-4,9H2,1-2H3. The molecule has 1 rings (SSSR count). The highest BCUT2D eigenvalue weighted by Gasteiger charge is 2.00. The number of nitriles is 1. The maximum atomic E-state index is 8.36. The highest BCUT2D eigenvalue weighted by atomic mass is 16.5. The summed E-state index contributed by atoms with van der Waals surface area (Å²) in [7, 11) is 0. The lowest BCUT2D eigenvalue weighted by molar-refractivity contribution is 0.310. The Balaban J connectivity index is 2.51. The van der Waals surface area contributed by atoms with E-state index in [9.17, 15) is 0 Å². The fraction of sp³-hybridized carbons (Fsp3) is 0.417. The van der Waals surface area contributed by atoms with Crippen molar-refractivity contribution in [2.24, 2.45) is 0 Å². The van der Waals surface area contributed by atoms with E-state index in [-0.39, 0.29) is 0 Å². The van der Waals surface area contributed by atoms with E-state index in [4.69, 9.17) is 10.00 Å². The van der Waals surface area contributed by atoms with E-state index in [0.717, 1.165) is 12.2 Å². The third-order valence-electron chi connectivity index (χ3n) is 2.25. The molecule has 0 fully saturated rings. The van der Waals surface area contributed by atoms with Gasteiger partial charge in [-0.05, 0) is 37.5 Å². The molecule has 74 valence electrons.